The third kappa shape index (κ3) is 6.67. The van der Waals surface area contributed by atoms with Crippen molar-refractivity contribution in [3.63, 3.8) is 0 Å². The summed E-state index contributed by atoms with van der Waals surface area (Å²) in [5.41, 5.74) is 1.96. The van der Waals surface area contributed by atoms with Crippen LogP contribution < -0.4 is 10.6 Å². The molecule has 36 heavy (non-hydrogen) atoms. The van der Waals surface area contributed by atoms with Crippen LogP contribution in [0.4, 0.5) is 10.7 Å². The van der Waals surface area contributed by atoms with Crippen LogP contribution in [0.2, 0.25) is 0 Å². The molecule has 0 aliphatic rings. The first-order chi connectivity index (χ1) is 17.4. The van der Waals surface area contributed by atoms with Gasteiger partial charge in [-0.15, -0.1) is 11.3 Å². The average Bonchev–Trinajstić information content (AvgIpc) is 3.28. The van der Waals surface area contributed by atoms with Gasteiger partial charge in [0.05, 0.1) is 42.2 Å². The smallest absolute Gasteiger partial charge is 0.341 e. The number of thiophene rings is 1. The lowest BCUT2D eigenvalue weighted by Gasteiger charge is -2.15. The number of hydrogen-bond acceptors (Lipinski definition) is 8. The van der Waals surface area contributed by atoms with Crippen LogP contribution in [0.1, 0.15) is 51.8 Å². The Morgan fingerprint density at radius 3 is 2.03 bits per heavy atom. The van der Waals surface area contributed by atoms with E-state index >= 15 is 0 Å². The summed E-state index contributed by atoms with van der Waals surface area (Å²) < 4.78 is 15.4. The maximum absolute atomic E-state index is 12.6. The molecule has 0 aliphatic carbocycles. The Morgan fingerprint density at radius 1 is 0.778 bits per heavy atom. The van der Waals surface area contributed by atoms with Crippen molar-refractivity contribution < 1.29 is 28.6 Å². The van der Waals surface area contributed by atoms with E-state index in [9.17, 15) is 14.4 Å². The van der Waals surface area contributed by atoms with Crippen molar-refractivity contribution in [2.24, 2.45) is 0 Å². The normalized spacial score (nSPS) is 10.3. The first-order valence-electron chi connectivity index (χ1n) is 11.3. The summed E-state index contributed by atoms with van der Waals surface area (Å²) in [6.07, 6.45) is 0. The third-order valence-electron chi connectivity index (χ3n) is 4.79. The Kier molecular flexibility index (Phi) is 9.54. The molecule has 0 bridgehead atoms. The molecular weight excluding hydrogens is 500 g/mol. The minimum absolute atomic E-state index is 0.105. The zero-order chi connectivity index (χ0) is 26.1. The minimum Gasteiger partial charge on any atom is -0.462 e. The molecule has 10 heteroatoms. The van der Waals surface area contributed by atoms with Crippen molar-refractivity contribution in [2.75, 3.05) is 30.5 Å². The van der Waals surface area contributed by atoms with Gasteiger partial charge >= 0.3 is 17.9 Å². The number of esters is 3. The van der Waals surface area contributed by atoms with Gasteiger partial charge in [-0.05, 0) is 62.8 Å². The Bertz CT molecular complexity index is 1260. The number of ether oxygens (including phenoxy) is 3. The SMILES string of the molecule is CCOC(=O)c1ccc(C(=O)OCC)c(NC(=S)Nc2sc(-c3ccccc3)cc2C(=O)OCC)c1. The first-order valence-corrected chi connectivity index (χ1v) is 12.5. The Labute approximate surface area is 218 Å². The third-order valence-corrected chi connectivity index (χ3v) is 6.09. The number of nitrogens with one attached hydrogen (secondary N) is 2. The van der Waals surface area contributed by atoms with Gasteiger partial charge in [-0.1, -0.05) is 30.3 Å². The number of anilines is 2. The van der Waals surface area contributed by atoms with Crippen LogP contribution in [0.15, 0.2) is 54.6 Å². The molecule has 0 atom stereocenters. The van der Waals surface area contributed by atoms with Crippen molar-refractivity contribution in [3.05, 3.63) is 71.3 Å². The quantitative estimate of drug-likeness (QED) is 0.205. The van der Waals surface area contributed by atoms with E-state index < -0.39 is 17.9 Å². The second-order valence-corrected chi connectivity index (χ2v) is 8.68. The Morgan fingerprint density at radius 2 is 1.39 bits per heavy atom. The lowest BCUT2D eigenvalue weighted by molar-refractivity contribution is 0.0512. The first kappa shape index (κ1) is 26.8. The van der Waals surface area contributed by atoms with Gasteiger partial charge in [-0.3, -0.25) is 0 Å². The molecule has 8 nitrogen and oxygen atoms in total. The highest BCUT2D eigenvalue weighted by Crippen LogP contribution is 2.36. The van der Waals surface area contributed by atoms with E-state index in [4.69, 9.17) is 26.4 Å². The van der Waals surface area contributed by atoms with Gasteiger partial charge < -0.3 is 24.8 Å². The maximum atomic E-state index is 12.6. The molecule has 2 aromatic carbocycles. The highest BCUT2D eigenvalue weighted by Gasteiger charge is 2.21. The van der Waals surface area contributed by atoms with Crippen LogP contribution in [-0.2, 0) is 14.2 Å². The summed E-state index contributed by atoms with van der Waals surface area (Å²) in [5.74, 6) is -1.60. The number of hydrogen-bond donors (Lipinski definition) is 2. The number of carbonyl (C=O) groups is 3. The van der Waals surface area contributed by atoms with Gasteiger partial charge in [-0.2, -0.15) is 0 Å². The lowest BCUT2D eigenvalue weighted by Crippen LogP contribution is -2.22. The van der Waals surface area contributed by atoms with E-state index in [1.807, 2.05) is 30.3 Å². The van der Waals surface area contributed by atoms with Crippen molar-refractivity contribution in [1.29, 1.82) is 0 Å². The molecule has 1 heterocycles. The van der Waals surface area contributed by atoms with Crippen molar-refractivity contribution in [2.45, 2.75) is 20.8 Å². The number of benzene rings is 2. The highest BCUT2D eigenvalue weighted by molar-refractivity contribution is 7.80. The topological polar surface area (TPSA) is 103 Å². The number of rotatable bonds is 9. The molecule has 1 aromatic heterocycles. The highest BCUT2D eigenvalue weighted by atomic mass is 32.1. The molecule has 3 aromatic rings. The van der Waals surface area contributed by atoms with Crippen LogP contribution in [0.5, 0.6) is 0 Å². The molecule has 0 saturated heterocycles. The van der Waals surface area contributed by atoms with Gasteiger partial charge in [0.15, 0.2) is 5.11 Å². The van der Waals surface area contributed by atoms with E-state index in [1.54, 1.807) is 26.8 Å². The molecule has 188 valence electrons. The van der Waals surface area contributed by atoms with E-state index in [2.05, 4.69) is 10.6 Å². The van der Waals surface area contributed by atoms with Gasteiger partial charge in [0.1, 0.15) is 5.00 Å². The fourth-order valence-corrected chi connectivity index (χ4v) is 4.55. The zero-order valence-corrected chi connectivity index (χ0v) is 21.7. The van der Waals surface area contributed by atoms with Crippen LogP contribution in [0, 0.1) is 0 Å². The van der Waals surface area contributed by atoms with Crippen LogP contribution in [0.3, 0.4) is 0 Å². The summed E-state index contributed by atoms with van der Waals surface area (Å²) >= 11 is 6.82. The summed E-state index contributed by atoms with van der Waals surface area (Å²) in [7, 11) is 0. The standard InChI is InChI=1S/C26H26N2O6S2/c1-4-32-23(29)17-12-13-18(24(30)33-5-2)20(14-17)27-26(35)28-22-19(25(31)34-6-3)15-21(36-22)16-10-8-7-9-11-16/h7-15H,4-6H2,1-3H3,(H2,27,28,35). The molecule has 0 radical (unpaired) electrons. The predicted octanol–water partition coefficient (Wildman–Crippen LogP) is 5.75. The fourth-order valence-electron chi connectivity index (χ4n) is 3.22. The molecule has 0 amide bonds. The van der Waals surface area contributed by atoms with Gasteiger partial charge in [0, 0.05) is 4.88 Å². The monoisotopic (exact) mass is 526 g/mol. The van der Waals surface area contributed by atoms with Gasteiger partial charge in [0.25, 0.3) is 0 Å². The number of carbonyl (C=O) groups excluding carboxylic acids is 3. The fraction of sp³-hybridized carbons (Fsp3) is 0.231. The van der Waals surface area contributed by atoms with Crippen LogP contribution in [-0.4, -0.2) is 42.8 Å². The van der Waals surface area contributed by atoms with Crippen molar-refractivity contribution >= 4 is 57.3 Å². The molecule has 0 fully saturated rings. The summed E-state index contributed by atoms with van der Waals surface area (Å²) in [5, 5.41) is 6.56. The average molecular weight is 527 g/mol. The Hall–Kier alpha value is -3.76. The molecule has 0 unspecified atom stereocenters. The maximum Gasteiger partial charge on any atom is 0.341 e. The molecule has 0 saturated carbocycles. The molecule has 0 spiro atoms. The largest absolute Gasteiger partial charge is 0.462 e. The number of thiocarbonyl (C=S) groups is 1. The van der Waals surface area contributed by atoms with E-state index in [1.165, 1.54) is 29.5 Å². The Balaban J connectivity index is 1.92. The van der Waals surface area contributed by atoms with Crippen LogP contribution >= 0.6 is 23.6 Å². The zero-order valence-electron chi connectivity index (χ0n) is 20.1. The van der Waals surface area contributed by atoms with E-state index in [-0.39, 0.29) is 41.7 Å². The molecule has 0 aliphatic heterocycles. The molecule has 3 rings (SSSR count). The van der Waals surface area contributed by atoms with E-state index in [0.29, 0.717) is 10.6 Å². The second kappa shape index (κ2) is 12.8. The summed E-state index contributed by atoms with van der Waals surface area (Å²) in [6.45, 7) is 5.74. The van der Waals surface area contributed by atoms with Gasteiger partial charge in [0.2, 0.25) is 0 Å². The molecule has 2 N–H and O–H groups in total. The van der Waals surface area contributed by atoms with E-state index in [0.717, 1.165) is 10.4 Å². The van der Waals surface area contributed by atoms with Crippen LogP contribution in [0.25, 0.3) is 10.4 Å². The second-order valence-electron chi connectivity index (χ2n) is 7.22. The predicted molar refractivity (Wildman–Crippen MR) is 144 cm³/mol. The molecular formula is C26H26N2O6S2. The summed E-state index contributed by atoms with van der Waals surface area (Å²) in [4.78, 5) is 38.2. The minimum atomic E-state index is -0.576. The van der Waals surface area contributed by atoms with Crippen molar-refractivity contribution in [1.82, 2.24) is 0 Å². The van der Waals surface area contributed by atoms with Crippen molar-refractivity contribution in [3.8, 4) is 10.4 Å². The van der Waals surface area contributed by atoms with Gasteiger partial charge in [-0.25, -0.2) is 14.4 Å². The summed E-state index contributed by atoms with van der Waals surface area (Å²) in [6, 6.07) is 15.8. The lowest BCUT2D eigenvalue weighted by atomic mass is 10.1.